The van der Waals surface area contributed by atoms with Crippen LogP contribution in [0.3, 0.4) is 0 Å². The first-order chi connectivity index (χ1) is 10.0. The molecule has 126 valence electrons. The number of hydrogen-bond donors (Lipinski definition) is 5. The van der Waals surface area contributed by atoms with E-state index >= 15 is 0 Å². The first-order valence-electron chi connectivity index (χ1n) is 7.65. The summed E-state index contributed by atoms with van der Waals surface area (Å²) in [5.74, 6) is 0. The first kappa shape index (κ1) is 19.2. The summed E-state index contributed by atoms with van der Waals surface area (Å²) in [5.41, 5.74) is -0.423. The molecule has 1 unspecified atom stereocenters. The van der Waals surface area contributed by atoms with Crippen LogP contribution in [-0.4, -0.2) is 63.2 Å². The van der Waals surface area contributed by atoms with Gasteiger partial charge in [0.1, 0.15) is 29.9 Å². The van der Waals surface area contributed by atoms with Gasteiger partial charge in [0.05, 0.1) is 6.61 Å². The molecule has 1 heterocycles. The molecule has 0 aromatic rings. The van der Waals surface area contributed by atoms with Gasteiger partial charge in [-0.05, 0) is 6.42 Å². The highest BCUT2D eigenvalue weighted by Crippen LogP contribution is 2.24. The molecule has 21 heavy (non-hydrogen) atoms. The van der Waals surface area contributed by atoms with Crippen molar-refractivity contribution < 1.29 is 29.9 Å². The number of aliphatic hydroxyl groups is 4. The molecule has 4 N–H and O–H groups in total. The predicted molar refractivity (Wildman–Crippen MR) is 81.0 cm³/mol. The van der Waals surface area contributed by atoms with Crippen LogP contribution >= 0.6 is 12.6 Å². The van der Waals surface area contributed by atoms with Crippen LogP contribution in [-0.2, 0) is 9.47 Å². The van der Waals surface area contributed by atoms with Crippen LogP contribution in [0.2, 0.25) is 0 Å². The standard InChI is InChI=1S/C14H28O6S/c1-2-3-4-5-6-7-10(21)20-14-13(18)12(17)11(16)9(8-15)19-14/h9-18,21H,2-8H2,1H3/t9-,10?,11-,12+,13-,14-/m1/s1. The maximum atomic E-state index is 9.84. The monoisotopic (exact) mass is 324 g/mol. The molecule has 6 atom stereocenters. The van der Waals surface area contributed by atoms with Crippen molar-refractivity contribution in [3.8, 4) is 0 Å². The molecule has 0 amide bonds. The highest BCUT2D eigenvalue weighted by Gasteiger charge is 2.44. The van der Waals surface area contributed by atoms with Gasteiger partial charge in [0.15, 0.2) is 6.29 Å². The Hall–Kier alpha value is 0.110. The third-order valence-corrected chi connectivity index (χ3v) is 4.07. The van der Waals surface area contributed by atoms with E-state index in [1.165, 1.54) is 19.3 Å². The minimum Gasteiger partial charge on any atom is -0.394 e. The first-order valence-corrected chi connectivity index (χ1v) is 8.17. The quantitative estimate of drug-likeness (QED) is 0.239. The van der Waals surface area contributed by atoms with E-state index in [0.29, 0.717) is 6.42 Å². The molecule has 1 rings (SSSR count). The second-order valence-electron chi connectivity index (χ2n) is 5.49. The van der Waals surface area contributed by atoms with Gasteiger partial charge < -0.3 is 29.9 Å². The summed E-state index contributed by atoms with van der Waals surface area (Å²) >= 11 is 4.30. The minimum atomic E-state index is -1.41. The SMILES string of the molecule is CCCCCCCC(S)O[C@H]1O[C@H](CO)[C@@H](O)[C@H](O)[C@H]1O. The average Bonchev–Trinajstić information content (AvgIpc) is 2.47. The molecule has 0 spiro atoms. The van der Waals surface area contributed by atoms with Crippen molar-refractivity contribution >= 4 is 12.6 Å². The van der Waals surface area contributed by atoms with E-state index in [-0.39, 0.29) is 0 Å². The summed E-state index contributed by atoms with van der Waals surface area (Å²) in [6.45, 7) is 1.70. The molecule has 1 aliphatic rings. The maximum Gasteiger partial charge on any atom is 0.188 e. The molecule has 1 saturated heterocycles. The zero-order valence-electron chi connectivity index (χ0n) is 12.5. The normalized spacial score (nSPS) is 34.9. The Morgan fingerprint density at radius 3 is 2.33 bits per heavy atom. The molecule has 0 aromatic carbocycles. The van der Waals surface area contributed by atoms with E-state index in [9.17, 15) is 15.3 Å². The molecule has 6 nitrogen and oxygen atoms in total. The van der Waals surface area contributed by atoms with Crippen molar-refractivity contribution in [2.45, 2.75) is 81.6 Å². The van der Waals surface area contributed by atoms with Gasteiger partial charge >= 0.3 is 0 Å². The van der Waals surface area contributed by atoms with Gasteiger partial charge in [0.25, 0.3) is 0 Å². The highest BCUT2D eigenvalue weighted by atomic mass is 32.1. The second-order valence-corrected chi connectivity index (χ2v) is 6.07. The Bertz CT molecular complexity index is 278. The lowest BCUT2D eigenvalue weighted by molar-refractivity contribution is -0.304. The molecular weight excluding hydrogens is 296 g/mol. The van der Waals surface area contributed by atoms with Gasteiger partial charge in [-0.3, -0.25) is 0 Å². The number of rotatable bonds is 9. The van der Waals surface area contributed by atoms with Gasteiger partial charge in [-0.1, -0.05) is 39.0 Å². The van der Waals surface area contributed by atoms with E-state index in [1.807, 2.05) is 0 Å². The van der Waals surface area contributed by atoms with Crippen molar-refractivity contribution in [1.82, 2.24) is 0 Å². The molecule has 0 saturated carbocycles. The Balaban J connectivity index is 2.34. The molecule has 7 heteroatoms. The molecule has 0 radical (unpaired) electrons. The van der Waals surface area contributed by atoms with Crippen molar-refractivity contribution in [2.75, 3.05) is 6.61 Å². The summed E-state index contributed by atoms with van der Waals surface area (Å²) in [6.07, 6.45) is 0.169. The summed E-state index contributed by atoms with van der Waals surface area (Å²) in [5, 5.41) is 38.2. The average molecular weight is 324 g/mol. The lowest BCUT2D eigenvalue weighted by Crippen LogP contribution is -2.59. The van der Waals surface area contributed by atoms with E-state index in [4.69, 9.17) is 14.6 Å². The number of ether oxygens (including phenoxy) is 2. The number of hydrogen-bond acceptors (Lipinski definition) is 7. The number of thiol groups is 1. The van der Waals surface area contributed by atoms with Crippen LogP contribution in [0, 0.1) is 0 Å². The van der Waals surface area contributed by atoms with Gasteiger partial charge in [0.2, 0.25) is 0 Å². The Morgan fingerprint density at radius 2 is 1.71 bits per heavy atom. The highest BCUT2D eigenvalue weighted by molar-refractivity contribution is 7.80. The van der Waals surface area contributed by atoms with Crippen molar-refractivity contribution in [2.24, 2.45) is 0 Å². The summed E-state index contributed by atoms with van der Waals surface area (Å²) < 4.78 is 10.7. The van der Waals surface area contributed by atoms with Gasteiger partial charge in [-0.25, -0.2) is 0 Å². The fourth-order valence-electron chi connectivity index (χ4n) is 2.33. The molecular formula is C14H28O6S. The summed E-state index contributed by atoms with van der Waals surface area (Å²) in [4.78, 5) is 0. The largest absolute Gasteiger partial charge is 0.394 e. The smallest absolute Gasteiger partial charge is 0.188 e. The molecule has 1 fully saturated rings. The maximum absolute atomic E-state index is 9.84. The van der Waals surface area contributed by atoms with Crippen LogP contribution in [0.5, 0.6) is 0 Å². The Labute approximate surface area is 131 Å². The topological polar surface area (TPSA) is 99.4 Å². The van der Waals surface area contributed by atoms with E-state index in [1.54, 1.807) is 0 Å². The fourth-order valence-corrected chi connectivity index (χ4v) is 2.63. The summed E-state index contributed by atoms with van der Waals surface area (Å²) in [7, 11) is 0. The zero-order chi connectivity index (χ0) is 15.8. The lowest BCUT2D eigenvalue weighted by Gasteiger charge is -2.40. The third kappa shape index (κ3) is 6.02. The van der Waals surface area contributed by atoms with Crippen LogP contribution < -0.4 is 0 Å². The molecule has 0 bridgehead atoms. The van der Waals surface area contributed by atoms with E-state index in [0.717, 1.165) is 12.8 Å². The molecule has 0 aliphatic carbocycles. The van der Waals surface area contributed by atoms with Crippen LogP contribution in [0.1, 0.15) is 45.4 Å². The Kier molecular flexibility index (Phi) is 9.12. The Morgan fingerprint density at radius 1 is 1.05 bits per heavy atom. The summed E-state index contributed by atoms with van der Waals surface area (Å²) in [6, 6.07) is 0. The molecule has 1 aliphatic heterocycles. The minimum absolute atomic E-state index is 0.423. The van der Waals surface area contributed by atoms with Crippen molar-refractivity contribution in [1.29, 1.82) is 0 Å². The zero-order valence-corrected chi connectivity index (χ0v) is 13.4. The number of unbranched alkanes of at least 4 members (excludes halogenated alkanes) is 4. The third-order valence-electron chi connectivity index (χ3n) is 3.69. The second kappa shape index (κ2) is 9.99. The van der Waals surface area contributed by atoms with Gasteiger partial charge in [-0.15, -0.1) is 12.6 Å². The van der Waals surface area contributed by atoms with Gasteiger partial charge in [0, 0.05) is 0 Å². The van der Waals surface area contributed by atoms with E-state index in [2.05, 4.69) is 19.6 Å². The van der Waals surface area contributed by atoms with Crippen LogP contribution in [0.25, 0.3) is 0 Å². The van der Waals surface area contributed by atoms with Gasteiger partial charge in [-0.2, -0.15) is 0 Å². The number of aliphatic hydroxyl groups excluding tert-OH is 4. The predicted octanol–water partition coefficient (Wildman–Crippen LogP) is 0.419. The molecule has 0 aromatic heterocycles. The van der Waals surface area contributed by atoms with Crippen molar-refractivity contribution in [3.05, 3.63) is 0 Å². The van der Waals surface area contributed by atoms with E-state index < -0.39 is 42.7 Å². The lowest BCUT2D eigenvalue weighted by atomic mass is 9.99. The van der Waals surface area contributed by atoms with Crippen LogP contribution in [0.4, 0.5) is 0 Å². The fraction of sp³-hybridized carbons (Fsp3) is 1.00. The van der Waals surface area contributed by atoms with Crippen molar-refractivity contribution in [3.63, 3.8) is 0 Å². The van der Waals surface area contributed by atoms with Crippen LogP contribution in [0.15, 0.2) is 0 Å².